The van der Waals surface area contributed by atoms with Gasteiger partial charge in [0.25, 0.3) is 6.43 Å². The second-order valence-corrected chi connectivity index (χ2v) is 11.5. The number of halogens is 2. The molecule has 0 aliphatic carbocycles. The molecule has 1 aromatic carbocycles. The van der Waals surface area contributed by atoms with Crippen molar-refractivity contribution in [2.75, 3.05) is 29.4 Å². The Kier molecular flexibility index (Phi) is 5.88. The Morgan fingerprint density at radius 2 is 1.89 bits per heavy atom. The van der Waals surface area contributed by atoms with Gasteiger partial charge in [-0.15, -0.1) is 0 Å². The van der Waals surface area contributed by atoms with E-state index in [1.165, 1.54) is 12.5 Å². The minimum atomic E-state index is -2.60. The number of aryl methyl sites for hydroxylation is 3. The van der Waals surface area contributed by atoms with Gasteiger partial charge in [-0.2, -0.15) is 10.2 Å². The van der Waals surface area contributed by atoms with Gasteiger partial charge in [-0.05, 0) is 43.7 Å². The Morgan fingerprint density at radius 3 is 2.63 bits per heavy atom. The van der Waals surface area contributed by atoms with Gasteiger partial charge in [-0.3, -0.25) is 9.78 Å². The Balaban J connectivity index is 1.49. The van der Waals surface area contributed by atoms with Crippen LogP contribution in [0.2, 0.25) is 0 Å². The molecule has 2 aliphatic heterocycles. The van der Waals surface area contributed by atoms with Crippen molar-refractivity contribution in [2.24, 2.45) is 12.5 Å². The Morgan fingerprint density at radius 1 is 1.08 bits per heavy atom. The summed E-state index contributed by atoms with van der Waals surface area (Å²) in [7, 11) is 1.72. The zero-order valence-electron chi connectivity index (χ0n) is 22.6. The topological polar surface area (TPSA) is 78.8 Å². The van der Waals surface area contributed by atoms with Gasteiger partial charge in [0.2, 0.25) is 0 Å². The maximum absolute atomic E-state index is 13.4. The van der Waals surface area contributed by atoms with Crippen LogP contribution in [0, 0.1) is 19.3 Å². The maximum atomic E-state index is 13.4. The summed E-state index contributed by atoms with van der Waals surface area (Å²) in [5, 5.41) is 12.7. The van der Waals surface area contributed by atoms with Gasteiger partial charge in [0.1, 0.15) is 17.3 Å². The van der Waals surface area contributed by atoms with Crippen molar-refractivity contribution < 1.29 is 8.78 Å². The molecule has 200 valence electrons. The van der Waals surface area contributed by atoms with E-state index in [4.69, 9.17) is 9.97 Å². The van der Waals surface area contributed by atoms with Gasteiger partial charge in [0.15, 0.2) is 5.82 Å². The summed E-state index contributed by atoms with van der Waals surface area (Å²) >= 11 is 0. The summed E-state index contributed by atoms with van der Waals surface area (Å²) < 4.78 is 28.3. The van der Waals surface area contributed by atoms with Gasteiger partial charge < -0.3 is 9.80 Å². The molecule has 3 aromatic heterocycles. The van der Waals surface area contributed by atoms with Crippen LogP contribution in [-0.4, -0.2) is 49.6 Å². The molecule has 1 N–H and O–H groups in total. The van der Waals surface area contributed by atoms with Gasteiger partial charge in [-0.1, -0.05) is 19.9 Å². The first-order valence-electron chi connectivity index (χ1n) is 13.3. The number of aromatic amines is 1. The Hall–Kier alpha value is -3.56. The normalized spacial score (nSPS) is 17.5. The second-order valence-electron chi connectivity index (χ2n) is 11.5. The number of rotatable bonds is 4. The molecular formula is C28H34F2N8. The third-order valence-corrected chi connectivity index (χ3v) is 7.99. The number of fused-ring (bicyclic) bond motifs is 2. The molecule has 0 radical (unpaired) electrons. The van der Waals surface area contributed by atoms with Crippen LogP contribution >= 0.6 is 0 Å². The smallest absolute Gasteiger partial charge is 0.282 e. The summed E-state index contributed by atoms with van der Waals surface area (Å²) in [6, 6.07) is 5.61. The fraction of sp³-hybridized carbons (Fsp3) is 0.500. The first-order valence-corrected chi connectivity index (χ1v) is 13.3. The lowest BCUT2D eigenvalue weighted by atomic mass is 9.84. The van der Waals surface area contributed by atoms with Crippen LogP contribution < -0.4 is 9.80 Å². The number of hydrogen-bond acceptors (Lipinski definition) is 6. The van der Waals surface area contributed by atoms with Crippen molar-refractivity contribution in [3.05, 3.63) is 46.4 Å². The molecule has 8 nitrogen and oxygen atoms in total. The first kappa shape index (κ1) is 24.8. The highest BCUT2D eigenvalue weighted by Gasteiger charge is 2.33. The highest BCUT2D eigenvalue weighted by molar-refractivity contribution is 5.96. The third-order valence-electron chi connectivity index (χ3n) is 7.99. The molecule has 4 aromatic rings. The molecule has 10 heteroatoms. The molecule has 0 atom stereocenters. The summed E-state index contributed by atoms with van der Waals surface area (Å²) in [6.07, 6.45) is 0.374. The minimum Gasteiger partial charge on any atom is -0.356 e. The highest BCUT2D eigenvalue weighted by Crippen LogP contribution is 2.39. The predicted molar refractivity (Wildman–Crippen MR) is 145 cm³/mol. The summed E-state index contributed by atoms with van der Waals surface area (Å²) in [6.45, 7) is 11.8. The molecule has 38 heavy (non-hydrogen) atoms. The number of anilines is 2. The average Bonchev–Trinajstić information content (AvgIpc) is 3.45. The number of benzene rings is 1. The molecule has 0 saturated carbocycles. The van der Waals surface area contributed by atoms with Gasteiger partial charge >= 0.3 is 0 Å². The van der Waals surface area contributed by atoms with E-state index >= 15 is 0 Å². The van der Waals surface area contributed by atoms with Crippen molar-refractivity contribution in [3.8, 4) is 11.4 Å². The second kappa shape index (κ2) is 9.03. The van der Waals surface area contributed by atoms with Crippen molar-refractivity contribution in [2.45, 2.75) is 59.9 Å². The van der Waals surface area contributed by atoms with Crippen LogP contribution in [0.4, 0.5) is 20.4 Å². The molecule has 0 amide bonds. The minimum absolute atomic E-state index is 0.176. The zero-order chi connectivity index (χ0) is 26.8. The molecule has 1 saturated heterocycles. The van der Waals surface area contributed by atoms with Crippen LogP contribution in [0.5, 0.6) is 0 Å². The number of H-pyrrole nitrogens is 1. The van der Waals surface area contributed by atoms with Crippen LogP contribution in [-0.2, 0) is 20.0 Å². The molecule has 0 bridgehead atoms. The molecular weight excluding hydrogens is 486 g/mol. The summed E-state index contributed by atoms with van der Waals surface area (Å²) in [4.78, 5) is 14.9. The van der Waals surface area contributed by atoms with Crippen molar-refractivity contribution in [3.63, 3.8) is 0 Å². The summed E-state index contributed by atoms with van der Waals surface area (Å²) in [5.74, 6) is 2.37. The molecule has 5 heterocycles. The SMILES string of the molecule is Cc1ccc2n[nH]c(C)c2c1-c1nc2c(c(N3CCCC(C)(C)C3)n1)CN(c1cc(C(F)F)nn1C)CC2. The largest absolute Gasteiger partial charge is 0.356 e. The number of alkyl halides is 2. The van der Waals surface area contributed by atoms with Crippen molar-refractivity contribution in [1.82, 2.24) is 29.9 Å². The number of nitrogens with zero attached hydrogens (tertiary/aromatic N) is 7. The predicted octanol–water partition coefficient (Wildman–Crippen LogP) is 5.50. The fourth-order valence-corrected chi connectivity index (χ4v) is 6.11. The van der Waals surface area contributed by atoms with E-state index in [0.29, 0.717) is 25.3 Å². The molecule has 1 fully saturated rings. The Bertz CT molecular complexity index is 1520. The van der Waals surface area contributed by atoms with Gasteiger partial charge in [0, 0.05) is 67.9 Å². The third kappa shape index (κ3) is 4.19. The quantitative estimate of drug-likeness (QED) is 0.383. The number of hydrogen-bond donors (Lipinski definition) is 1. The van der Waals surface area contributed by atoms with Crippen molar-refractivity contribution in [1.29, 1.82) is 0 Å². The van der Waals surface area contributed by atoms with Gasteiger partial charge in [-0.25, -0.2) is 18.7 Å². The lowest BCUT2D eigenvalue weighted by Gasteiger charge is -2.41. The van der Waals surface area contributed by atoms with E-state index in [9.17, 15) is 8.78 Å². The van der Waals surface area contributed by atoms with E-state index in [-0.39, 0.29) is 11.1 Å². The maximum Gasteiger partial charge on any atom is 0.282 e. The van der Waals surface area contributed by atoms with Crippen LogP contribution in [0.25, 0.3) is 22.3 Å². The van der Waals surface area contributed by atoms with E-state index in [1.54, 1.807) is 11.7 Å². The number of aromatic nitrogens is 6. The van der Waals surface area contributed by atoms with E-state index in [2.05, 4.69) is 51.9 Å². The Labute approximate surface area is 221 Å². The molecule has 0 spiro atoms. The van der Waals surface area contributed by atoms with E-state index in [1.807, 2.05) is 13.0 Å². The fourth-order valence-electron chi connectivity index (χ4n) is 6.11. The first-order chi connectivity index (χ1) is 18.1. The van der Waals surface area contributed by atoms with Gasteiger partial charge in [0.05, 0.1) is 11.2 Å². The molecule has 0 unspecified atom stereocenters. The highest BCUT2D eigenvalue weighted by atomic mass is 19.3. The summed E-state index contributed by atoms with van der Waals surface area (Å²) in [5.41, 5.74) is 6.11. The number of nitrogens with one attached hydrogen (secondary N) is 1. The lowest BCUT2D eigenvalue weighted by Crippen LogP contribution is -2.42. The molecule has 6 rings (SSSR count). The van der Waals surface area contributed by atoms with E-state index in [0.717, 1.165) is 70.1 Å². The standard InChI is InChI=1S/C28H34F2N8/c1-16-7-8-20-24(17(2)33-34-20)23(16)26-31-19-9-12-37(22-13-21(25(29)30)35-36(22)5)14-18(19)27(32-26)38-11-6-10-28(3,4)15-38/h7-8,13,25H,6,9-12,14-15H2,1-5H3,(H,33,34). The lowest BCUT2D eigenvalue weighted by molar-refractivity contribution is 0.145. The molecule has 2 aliphatic rings. The average molecular weight is 521 g/mol. The van der Waals surface area contributed by atoms with Crippen molar-refractivity contribution >= 4 is 22.5 Å². The monoisotopic (exact) mass is 520 g/mol. The van der Waals surface area contributed by atoms with Crippen LogP contribution in [0.15, 0.2) is 18.2 Å². The number of piperidine rings is 1. The van der Waals surface area contributed by atoms with E-state index < -0.39 is 6.43 Å². The van der Waals surface area contributed by atoms with Crippen LogP contribution in [0.1, 0.15) is 61.3 Å². The zero-order valence-corrected chi connectivity index (χ0v) is 22.6. The van der Waals surface area contributed by atoms with Crippen LogP contribution in [0.3, 0.4) is 0 Å².